The van der Waals surface area contributed by atoms with Crippen LogP contribution in [-0.2, 0) is 11.8 Å². The summed E-state index contributed by atoms with van der Waals surface area (Å²) in [6.07, 6.45) is 0.246. The molecule has 1 atom stereocenters. The lowest BCUT2D eigenvalue weighted by molar-refractivity contribution is 0.0289. The lowest BCUT2D eigenvalue weighted by Gasteiger charge is -2.24. The number of aromatic nitrogens is 3. The maximum Gasteiger partial charge on any atom is 0.410 e. The Morgan fingerprint density at radius 1 is 1.38 bits per heavy atom. The Bertz CT molecular complexity index is 545. The average Bonchev–Trinajstić information content (AvgIpc) is 2.94. The third-order valence-corrected chi connectivity index (χ3v) is 3.76. The van der Waals surface area contributed by atoms with Crippen LogP contribution in [0, 0.1) is 5.92 Å². The van der Waals surface area contributed by atoms with Gasteiger partial charge in [0.05, 0.1) is 0 Å². The number of hydrogen-bond acceptors (Lipinski definition) is 5. The summed E-state index contributed by atoms with van der Waals surface area (Å²) in [5.41, 5.74) is -0.0974. The van der Waals surface area contributed by atoms with E-state index in [9.17, 15) is 9.59 Å². The summed E-state index contributed by atoms with van der Waals surface area (Å²) in [6, 6.07) is 0. The molecule has 116 valence electrons. The number of rotatable bonds is 2. The number of ketones is 1. The second-order valence-corrected chi connectivity index (χ2v) is 6.88. The van der Waals surface area contributed by atoms with E-state index in [2.05, 4.69) is 26.2 Å². The van der Waals surface area contributed by atoms with Gasteiger partial charge >= 0.3 is 6.09 Å². The molecule has 0 radical (unpaired) electrons. The molecule has 0 aromatic carbocycles. The highest BCUT2D eigenvalue weighted by molar-refractivity contribution is 9.10. The summed E-state index contributed by atoms with van der Waals surface area (Å²) in [6.45, 7) is 6.35. The maximum absolute atomic E-state index is 12.5. The smallest absolute Gasteiger partial charge is 0.410 e. The van der Waals surface area contributed by atoms with E-state index in [1.807, 2.05) is 20.8 Å². The normalized spacial score (nSPS) is 18.9. The zero-order valence-corrected chi connectivity index (χ0v) is 14.2. The summed E-state index contributed by atoms with van der Waals surface area (Å²) in [5.74, 6) is -0.300. The number of nitrogens with zero attached hydrogens (tertiary/aromatic N) is 4. The summed E-state index contributed by atoms with van der Waals surface area (Å²) in [7, 11) is 1.67. The standard InChI is InChI=1S/C13H19BrN4O3/c1-13(2,3)21-12(20)18-6-5-8(7-18)10(19)9-11(14)15-16-17(9)4/h8H,5-7H2,1-4H3. The van der Waals surface area contributed by atoms with Gasteiger partial charge in [0, 0.05) is 26.1 Å². The molecule has 1 aliphatic rings. The summed E-state index contributed by atoms with van der Waals surface area (Å²) in [5, 5.41) is 7.62. The molecular formula is C13H19BrN4O3. The number of carbonyl (C=O) groups excluding carboxylic acids is 2. The van der Waals surface area contributed by atoms with Crippen LogP contribution in [0.15, 0.2) is 4.60 Å². The molecule has 0 N–H and O–H groups in total. The van der Waals surface area contributed by atoms with E-state index < -0.39 is 5.60 Å². The van der Waals surface area contributed by atoms with E-state index in [-0.39, 0.29) is 17.8 Å². The van der Waals surface area contributed by atoms with Gasteiger partial charge in [-0.15, -0.1) is 5.10 Å². The van der Waals surface area contributed by atoms with Crippen LogP contribution < -0.4 is 0 Å². The molecule has 1 fully saturated rings. The van der Waals surface area contributed by atoms with Crippen molar-refractivity contribution in [2.75, 3.05) is 13.1 Å². The number of hydrogen-bond donors (Lipinski definition) is 0. The van der Waals surface area contributed by atoms with Crippen molar-refractivity contribution in [2.24, 2.45) is 13.0 Å². The van der Waals surface area contributed by atoms with Crippen LogP contribution in [-0.4, -0.2) is 50.5 Å². The molecule has 1 unspecified atom stereocenters. The van der Waals surface area contributed by atoms with Crippen molar-refractivity contribution < 1.29 is 14.3 Å². The fraction of sp³-hybridized carbons (Fsp3) is 0.692. The number of aryl methyl sites for hydroxylation is 1. The second-order valence-electron chi connectivity index (χ2n) is 6.13. The highest BCUT2D eigenvalue weighted by atomic mass is 79.9. The second kappa shape index (κ2) is 5.75. The zero-order valence-electron chi connectivity index (χ0n) is 12.6. The predicted octanol–water partition coefficient (Wildman–Crippen LogP) is 2.02. The molecule has 0 bridgehead atoms. The van der Waals surface area contributed by atoms with Crippen molar-refractivity contribution >= 4 is 27.8 Å². The number of amides is 1. The zero-order chi connectivity index (χ0) is 15.8. The fourth-order valence-electron chi connectivity index (χ4n) is 2.25. The monoisotopic (exact) mass is 358 g/mol. The van der Waals surface area contributed by atoms with Crippen molar-refractivity contribution in [1.29, 1.82) is 0 Å². The summed E-state index contributed by atoms with van der Waals surface area (Å²) < 4.78 is 7.21. The van der Waals surface area contributed by atoms with Crippen molar-refractivity contribution in [3.63, 3.8) is 0 Å². The molecule has 8 heteroatoms. The van der Waals surface area contributed by atoms with E-state index in [1.165, 1.54) is 4.68 Å². The highest BCUT2D eigenvalue weighted by Crippen LogP contribution is 2.25. The third-order valence-electron chi connectivity index (χ3n) is 3.23. The Morgan fingerprint density at radius 2 is 2.05 bits per heavy atom. The number of halogens is 1. The molecule has 1 aromatic heterocycles. The molecule has 7 nitrogen and oxygen atoms in total. The lowest BCUT2D eigenvalue weighted by Crippen LogP contribution is -2.36. The van der Waals surface area contributed by atoms with Gasteiger partial charge in [-0.3, -0.25) is 4.79 Å². The Balaban J connectivity index is 2.03. The van der Waals surface area contributed by atoms with Crippen LogP contribution in [0.4, 0.5) is 4.79 Å². The minimum absolute atomic E-state index is 0.0552. The Labute approximate surface area is 131 Å². The molecular weight excluding hydrogens is 340 g/mol. The van der Waals surface area contributed by atoms with Crippen molar-refractivity contribution in [2.45, 2.75) is 32.8 Å². The van der Waals surface area contributed by atoms with E-state index in [1.54, 1.807) is 11.9 Å². The number of likely N-dealkylation sites (tertiary alicyclic amines) is 1. The first-order valence-corrected chi connectivity index (χ1v) is 7.55. The first-order valence-electron chi connectivity index (χ1n) is 6.76. The van der Waals surface area contributed by atoms with Gasteiger partial charge in [0.1, 0.15) is 11.3 Å². The maximum atomic E-state index is 12.5. The molecule has 1 saturated heterocycles. The van der Waals surface area contributed by atoms with Crippen LogP contribution in [0.3, 0.4) is 0 Å². The summed E-state index contributed by atoms with van der Waals surface area (Å²) >= 11 is 3.23. The van der Waals surface area contributed by atoms with Gasteiger partial charge in [-0.2, -0.15) is 0 Å². The molecule has 1 amide bonds. The predicted molar refractivity (Wildman–Crippen MR) is 78.9 cm³/mol. The minimum atomic E-state index is -0.534. The molecule has 21 heavy (non-hydrogen) atoms. The van der Waals surface area contributed by atoms with E-state index in [0.717, 1.165) is 0 Å². The van der Waals surface area contributed by atoms with E-state index in [4.69, 9.17) is 4.74 Å². The van der Waals surface area contributed by atoms with Crippen LogP contribution in [0.1, 0.15) is 37.7 Å². The summed E-state index contributed by atoms with van der Waals surface area (Å²) in [4.78, 5) is 26.1. The largest absolute Gasteiger partial charge is 0.444 e. The lowest BCUT2D eigenvalue weighted by atomic mass is 10.0. The number of ether oxygens (including phenoxy) is 1. The van der Waals surface area contributed by atoms with Crippen molar-refractivity contribution in [1.82, 2.24) is 19.9 Å². The highest BCUT2D eigenvalue weighted by Gasteiger charge is 2.35. The molecule has 1 aromatic rings. The Morgan fingerprint density at radius 3 is 2.57 bits per heavy atom. The molecule has 0 saturated carbocycles. The Kier molecular flexibility index (Phi) is 4.36. The topological polar surface area (TPSA) is 77.3 Å². The minimum Gasteiger partial charge on any atom is -0.444 e. The molecule has 2 heterocycles. The first kappa shape index (κ1) is 15.9. The van der Waals surface area contributed by atoms with Crippen LogP contribution in [0.5, 0.6) is 0 Å². The molecule has 0 spiro atoms. The van der Waals surface area contributed by atoms with Gasteiger partial charge in [-0.25, -0.2) is 9.48 Å². The van der Waals surface area contributed by atoms with Gasteiger partial charge < -0.3 is 9.64 Å². The van der Waals surface area contributed by atoms with Gasteiger partial charge in [-0.1, -0.05) is 5.21 Å². The van der Waals surface area contributed by atoms with Gasteiger partial charge in [-0.05, 0) is 43.1 Å². The number of Topliss-reactive ketones (excluding diaryl/α,β-unsaturated/α-hetero) is 1. The van der Waals surface area contributed by atoms with Gasteiger partial charge in [0.25, 0.3) is 0 Å². The van der Waals surface area contributed by atoms with Gasteiger partial charge in [0.2, 0.25) is 0 Å². The van der Waals surface area contributed by atoms with Crippen molar-refractivity contribution in [3.05, 3.63) is 10.3 Å². The van der Waals surface area contributed by atoms with E-state index >= 15 is 0 Å². The molecule has 1 aliphatic heterocycles. The van der Waals surface area contributed by atoms with Crippen molar-refractivity contribution in [3.8, 4) is 0 Å². The number of carbonyl (C=O) groups is 2. The third kappa shape index (κ3) is 3.61. The van der Waals surface area contributed by atoms with Gasteiger partial charge in [0.15, 0.2) is 10.4 Å². The SMILES string of the molecule is Cn1nnc(Br)c1C(=O)C1CCN(C(=O)OC(C)(C)C)C1. The van der Waals surface area contributed by atoms with Crippen LogP contribution >= 0.6 is 15.9 Å². The van der Waals surface area contributed by atoms with Crippen LogP contribution in [0.2, 0.25) is 0 Å². The Hall–Kier alpha value is -1.44. The average molecular weight is 359 g/mol. The fourth-order valence-corrected chi connectivity index (χ4v) is 2.78. The molecule has 2 rings (SSSR count). The first-order chi connectivity index (χ1) is 9.69. The van der Waals surface area contributed by atoms with E-state index in [0.29, 0.717) is 29.8 Å². The van der Waals surface area contributed by atoms with Crippen LogP contribution in [0.25, 0.3) is 0 Å². The quantitative estimate of drug-likeness (QED) is 0.755. The molecule has 0 aliphatic carbocycles.